The van der Waals surface area contributed by atoms with Crippen molar-refractivity contribution in [2.24, 2.45) is 0 Å². The Morgan fingerprint density at radius 3 is 2.77 bits per heavy atom. The van der Waals surface area contributed by atoms with Crippen molar-refractivity contribution in [2.45, 2.75) is 38.6 Å². The molecule has 4 heterocycles. The molecule has 31 heavy (non-hydrogen) atoms. The summed E-state index contributed by atoms with van der Waals surface area (Å²) in [6.07, 6.45) is 5.30. The summed E-state index contributed by atoms with van der Waals surface area (Å²) in [5.41, 5.74) is 2.93. The Morgan fingerprint density at radius 1 is 1.13 bits per heavy atom. The van der Waals surface area contributed by atoms with E-state index < -0.39 is 0 Å². The van der Waals surface area contributed by atoms with Gasteiger partial charge in [-0.2, -0.15) is 4.39 Å². The summed E-state index contributed by atoms with van der Waals surface area (Å²) in [5.74, 6) is -0.360. The predicted molar refractivity (Wildman–Crippen MR) is 120 cm³/mol. The molecule has 5 nitrogen and oxygen atoms in total. The van der Waals surface area contributed by atoms with Crippen LogP contribution in [0.5, 0.6) is 0 Å². The molecule has 0 saturated carbocycles. The van der Waals surface area contributed by atoms with E-state index in [2.05, 4.69) is 9.97 Å². The van der Waals surface area contributed by atoms with E-state index in [1.54, 1.807) is 29.7 Å². The summed E-state index contributed by atoms with van der Waals surface area (Å²) < 4.78 is 15.5. The number of aryl methyl sites for hydroxylation is 1. The number of imidazole rings is 1. The second-order valence-corrected chi connectivity index (χ2v) is 9.14. The van der Waals surface area contributed by atoms with Crippen LogP contribution in [0, 0.1) is 12.9 Å². The van der Waals surface area contributed by atoms with E-state index in [0.717, 1.165) is 40.4 Å². The number of nitrogens with zero attached hydrogens (tertiary/aromatic N) is 4. The number of aromatic nitrogens is 3. The number of rotatable bonds is 4. The van der Waals surface area contributed by atoms with Crippen LogP contribution < -0.4 is 0 Å². The summed E-state index contributed by atoms with van der Waals surface area (Å²) in [7, 11) is 0. The molecule has 0 aliphatic carbocycles. The first-order valence-corrected chi connectivity index (χ1v) is 11.4. The van der Waals surface area contributed by atoms with Gasteiger partial charge in [0.2, 0.25) is 0 Å². The third kappa shape index (κ3) is 3.85. The van der Waals surface area contributed by atoms with Crippen LogP contribution in [0.2, 0.25) is 0 Å². The van der Waals surface area contributed by atoms with Gasteiger partial charge in [-0.25, -0.2) is 9.97 Å². The van der Waals surface area contributed by atoms with E-state index in [1.807, 2.05) is 42.2 Å². The molecule has 0 spiro atoms. The monoisotopic (exact) mass is 434 g/mol. The molecule has 5 rings (SSSR count). The number of fused-ring (bicyclic) bond motifs is 1. The molecule has 1 aromatic carbocycles. The molecule has 1 amide bonds. The molecule has 158 valence electrons. The molecule has 3 aromatic heterocycles. The van der Waals surface area contributed by atoms with Crippen molar-refractivity contribution in [2.75, 3.05) is 6.54 Å². The molecule has 0 bridgehead atoms. The molecule has 1 aliphatic heterocycles. The Labute approximate surface area is 184 Å². The van der Waals surface area contributed by atoms with Crippen molar-refractivity contribution < 1.29 is 9.18 Å². The van der Waals surface area contributed by atoms with Crippen LogP contribution in [0.3, 0.4) is 0 Å². The van der Waals surface area contributed by atoms with Crippen molar-refractivity contribution in [3.8, 4) is 10.4 Å². The Kier molecular flexibility index (Phi) is 5.28. The van der Waals surface area contributed by atoms with Gasteiger partial charge in [0.15, 0.2) is 5.95 Å². The summed E-state index contributed by atoms with van der Waals surface area (Å²) in [6, 6.07) is 14.9. The van der Waals surface area contributed by atoms with E-state index in [4.69, 9.17) is 0 Å². The number of carbonyl (C=O) groups excluding carboxylic acids is 1. The number of pyridine rings is 1. The van der Waals surface area contributed by atoms with Crippen LogP contribution in [0.1, 0.15) is 40.5 Å². The molecule has 0 N–H and O–H groups in total. The van der Waals surface area contributed by atoms with Crippen molar-refractivity contribution >= 4 is 22.9 Å². The summed E-state index contributed by atoms with van der Waals surface area (Å²) in [6.45, 7) is 2.64. The Hall–Kier alpha value is -3.06. The van der Waals surface area contributed by atoms with Crippen LogP contribution in [0.15, 0.2) is 54.7 Å². The molecule has 7 heteroatoms. The fourth-order valence-electron chi connectivity index (χ4n) is 4.34. The third-order valence-corrected chi connectivity index (χ3v) is 6.82. The van der Waals surface area contributed by atoms with Crippen LogP contribution in [0.4, 0.5) is 4.39 Å². The number of hydrogen-bond donors (Lipinski definition) is 0. The second kappa shape index (κ2) is 8.23. The standard InChI is InChI=1S/C24H23FN4OS/c1-16-26-22(23(31-16)17-8-3-2-4-9-17)24(30)28-13-6-5-10-19(28)14-18-15-29-20(25)11-7-12-21(29)27-18/h2-4,7-9,11-12,15,19H,5-6,10,13-14H2,1H3. The van der Waals surface area contributed by atoms with Crippen molar-refractivity contribution in [3.63, 3.8) is 0 Å². The lowest BCUT2D eigenvalue weighted by Gasteiger charge is -2.35. The first-order chi connectivity index (χ1) is 15.1. The smallest absolute Gasteiger partial charge is 0.274 e. The fourth-order valence-corrected chi connectivity index (χ4v) is 5.26. The zero-order valence-corrected chi connectivity index (χ0v) is 18.1. The van der Waals surface area contributed by atoms with Gasteiger partial charge in [0.25, 0.3) is 5.91 Å². The summed E-state index contributed by atoms with van der Waals surface area (Å²) >= 11 is 1.55. The lowest BCUT2D eigenvalue weighted by molar-refractivity contribution is 0.0608. The first kappa shape index (κ1) is 19.9. The van der Waals surface area contributed by atoms with Gasteiger partial charge in [-0.1, -0.05) is 36.4 Å². The maximum Gasteiger partial charge on any atom is 0.274 e. The van der Waals surface area contributed by atoms with E-state index in [9.17, 15) is 9.18 Å². The Morgan fingerprint density at radius 2 is 1.97 bits per heavy atom. The van der Waals surface area contributed by atoms with E-state index >= 15 is 0 Å². The maximum absolute atomic E-state index is 14.1. The van der Waals surface area contributed by atoms with Gasteiger partial charge >= 0.3 is 0 Å². The number of halogens is 1. The van der Waals surface area contributed by atoms with E-state index in [0.29, 0.717) is 24.3 Å². The number of amides is 1. The molecule has 1 saturated heterocycles. The highest BCUT2D eigenvalue weighted by Gasteiger charge is 2.31. The maximum atomic E-state index is 14.1. The largest absolute Gasteiger partial charge is 0.334 e. The lowest BCUT2D eigenvalue weighted by Crippen LogP contribution is -2.45. The molecule has 1 unspecified atom stereocenters. The van der Waals surface area contributed by atoms with Gasteiger partial charge in [0.05, 0.1) is 15.6 Å². The van der Waals surface area contributed by atoms with Crippen LogP contribution in [0.25, 0.3) is 16.1 Å². The minimum atomic E-state index is -0.335. The average molecular weight is 435 g/mol. The van der Waals surface area contributed by atoms with Crippen LogP contribution in [-0.4, -0.2) is 37.8 Å². The quantitative estimate of drug-likeness (QED) is 0.418. The van der Waals surface area contributed by atoms with Gasteiger partial charge in [-0.3, -0.25) is 9.20 Å². The normalized spacial score (nSPS) is 16.7. The fraction of sp³-hybridized carbons (Fsp3) is 0.292. The van der Waals surface area contributed by atoms with Gasteiger partial charge in [0.1, 0.15) is 11.3 Å². The van der Waals surface area contributed by atoms with Crippen molar-refractivity contribution in [1.82, 2.24) is 19.3 Å². The van der Waals surface area contributed by atoms with Crippen LogP contribution in [-0.2, 0) is 6.42 Å². The van der Waals surface area contributed by atoms with Gasteiger partial charge < -0.3 is 4.90 Å². The van der Waals surface area contributed by atoms with Gasteiger partial charge in [-0.15, -0.1) is 11.3 Å². The number of likely N-dealkylation sites (tertiary alicyclic amines) is 1. The lowest BCUT2D eigenvalue weighted by atomic mass is 9.97. The minimum absolute atomic E-state index is 0.0251. The molecule has 1 aliphatic rings. The Balaban J connectivity index is 1.44. The molecular formula is C24H23FN4OS. The van der Waals surface area contributed by atoms with Crippen LogP contribution >= 0.6 is 11.3 Å². The molecule has 0 radical (unpaired) electrons. The highest BCUT2D eigenvalue weighted by atomic mass is 32.1. The zero-order chi connectivity index (χ0) is 21.4. The number of thiazole rings is 1. The third-order valence-electron chi connectivity index (χ3n) is 5.80. The number of carbonyl (C=O) groups is 1. The van der Waals surface area contributed by atoms with Crippen molar-refractivity contribution in [3.05, 3.63) is 77.1 Å². The zero-order valence-electron chi connectivity index (χ0n) is 17.3. The van der Waals surface area contributed by atoms with Gasteiger partial charge in [0, 0.05) is 25.2 Å². The first-order valence-electron chi connectivity index (χ1n) is 10.6. The predicted octanol–water partition coefficient (Wildman–Crippen LogP) is 5.14. The average Bonchev–Trinajstić information content (AvgIpc) is 3.38. The van der Waals surface area contributed by atoms with Gasteiger partial charge in [-0.05, 0) is 43.9 Å². The summed E-state index contributed by atoms with van der Waals surface area (Å²) in [5, 5.41) is 0.881. The van der Waals surface area contributed by atoms with E-state index in [1.165, 1.54) is 10.5 Å². The summed E-state index contributed by atoms with van der Waals surface area (Å²) in [4.78, 5) is 25.7. The number of hydrogen-bond acceptors (Lipinski definition) is 4. The highest BCUT2D eigenvalue weighted by Crippen LogP contribution is 2.32. The minimum Gasteiger partial charge on any atom is -0.334 e. The molecular weight excluding hydrogens is 411 g/mol. The molecule has 1 atom stereocenters. The number of benzene rings is 1. The van der Waals surface area contributed by atoms with Crippen molar-refractivity contribution in [1.29, 1.82) is 0 Å². The highest BCUT2D eigenvalue weighted by molar-refractivity contribution is 7.15. The molecule has 4 aromatic rings. The SMILES string of the molecule is Cc1nc(C(=O)N2CCCCC2Cc2cn3c(F)cccc3n2)c(-c2ccccc2)s1. The molecule has 1 fully saturated rings. The Bertz CT molecular complexity index is 1230. The topological polar surface area (TPSA) is 50.5 Å². The number of piperidine rings is 1. The second-order valence-electron chi connectivity index (χ2n) is 7.94. The van der Waals surface area contributed by atoms with E-state index in [-0.39, 0.29) is 17.9 Å².